The zero-order valence-electron chi connectivity index (χ0n) is 28.8. The SMILES string of the molecule is CCOc1nc(OC)c(CN2CC3CN(C(=O)c4cccnc4OC)CCN3C(C(c3ccccc3)c3ccccc3)C2)c(OCC(F)(F)F)n1. The van der Waals surface area contributed by atoms with E-state index in [1.54, 1.807) is 25.3 Å². The molecule has 2 aromatic heterocycles. The van der Waals surface area contributed by atoms with E-state index in [0.29, 0.717) is 38.3 Å². The molecule has 0 radical (unpaired) electrons. The second-order valence-corrected chi connectivity index (χ2v) is 12.4. The van der Waals surface area contributed by atoms with Crippen LogP contribution in [0.1, 0.15) is 39.9 Å². The average Bonchev–Trinajstić information content (AvgIpc) is 3.14. The van der Waals surface area contributed by atoms with Crippen LogP contribution in [-0.4, -0.2) is 114 Å². The molecule has 0 aliphatic carbocycles. The molecule has 6 rings (SSSR count). The van der Waals surface area contributed by atoms with Gasteiger partial charge in [0.15, 0.2) is 6.61 Å². The summed E-state index contributed by atoms with van der Waals surface area (Å²) in [4.78, 5) is 33.1. The largest absolute Gasteiger partial charge is 0.481 e. The van der Waals surface area contributed by atoms with Gasteiger partial charge in [-0.25, -0.2) is 4.98 Å². The molecule has 2 aliphatic heterocycles. The van der Waals surface area contributed by atoms with Crippen LogP contribution < -0.4 is 18.9 Å². The summed E-state index contributed by atoms with van der Waals surface area (Å²) in [6, 6.07) is 23.6. The van der Waals surface area contributed by atoms with E-state index in [-0.39, 0.29) is 66.3 Å². The standard InChI is InChI=1S/C37H41F3N6O5/c1-4-50-36-42-33(49-3)29(34(43-36)51-24-37(38,39)40)22-44-20-27-21-45(35(47)28-16-11-17-41-32(28)48-2)18-19-46(27)30(23-44)31(25-12-7-5-8-13-25)26-14-9-6-10-15-26/h5-17,27,30-31H,4,18-24H2,1-3H3. The summed E-state index contributed by atoms with van der Waals surface area (Å²) >= 11 is 0. The van der Waals surface area contributed by atoms with Gasteiger partial charge < -0.3 is 23.8 Å². The van der Waals surface area contributed by atoms with E-state index in [0.717, 1.165) is 11.1 Å². The fourth-order valence-electron chi connectivity index (χ4n) is 7.08. The molecule has 0 N–H and O–H groups in total. The molecule has 14 heteroatoms. The van der Waals surface area contributed by atoms with Crippen molar-refractivity contribution in [2.24, 2.45) is 0 Å². The molecule has 2 fully saturated rings. The third kappa shape index (κ3) is 8.34. The highest BCUT2D eigenvalue weighted by molar-refractivity contribution is 5.96. The number of rotatable bonds is 12. The zero-order valence-corrected chi connectivity index (χ0v) is 28.8. The molecule has 2 atom stereocenters. The Balaban J connectivity index is 1.38. The molecule has 11 nitrogen and oxygen atoms in total. The molecule has 0 saturated carbocycles. The van der Waals surface area contributed by atoms with Crippen LogP contribution in [0.25, 0.3) is 0 Å². The van der Waals surface area contributed by atoms with E-state index in [9.17, 15) is 18.0 Å². The Hall–Kier alpha value is -4.95. The summed E-state index contributed by atoms with van der Waals surface area (Å²) < 4.78 is 61.9. The quantitative estimate of drug-likeness (QED) is 0.199. The van der Waals surface area contributed by atoms with Gasteiger partial charge in [-0.1, -0.05) is 60.7 Å². The Morgan fingerprint density at radius 3 is 2.14 bits per heavy atom. The summed E-state index contributed by atoms with van der Waals surface area (Å²) in [6.45, 7) is 3.08. The fraction of sp³-hybridized carbons (Fsp3) is 0.405. The van der Waals surface area contributed by atoms with Gasteiger partial charge in [-0.15, -0.1) is 0 Å². The van der Waals surface area contributed by atoms with Gasteiger partial charge in [0.25, 0.3) is 5.91 Å². The monoisotopic (exact) mass is 706 g/mol. The Kier molecular flexibility index (Phi) is 11.2. The smallest absolute Gasteiger partial charge is 0.422 e. The number of amides is 1. The molecule has 2 aromatic carbocycles. The van der Waals surface area contributed by atoms with Gasteiger partial charge >= 0.3 is 12.2 Å². The lowest BCUT2D eigenvalue weighted by Gasteiger charge is -2.53. The van der Waals surface area contributed by atoms with Crippen molar-refractivity contribution in [3.05, 3.63) is 101 Å². The molecule has 0 spiro atoms. The van der Waals surface area contributed by atoms with E-state index in [1.165, 1.54) is 14.2 Å². The highest BCUT2D eigenvalue weighted by Crippen LogP contribution is 2.38. The molecule has 270 valence electrons. The molecular weight excluding hydrogens is 665 g/mol. The Morgan fingerprint density at radius 2 is 1.51 bits per heavy atom. The van der Waals surface area contributed by atoms with Gasteiger partial charge in [-0.05, 0) is 30.2 Å². The number of carbonyl (C=O) groups is 1. The number of halogens is 3. The van der Waals surface area contributed by atoms with Crippen molar-refractivity contribution >= 4 is 5.91 Å². The summed E-state index contributed by atoms with van der Waals surface area (Å²) in [5.41, 5.74) is 2.91. The van der Waals surface area contributed by atoms with Crippen molar-refractivity contribution in [1.82, 2.24) is 29.7 Å². The molecule has 2 saturated heterocycles. The van der Waals surface area contributed by atoms with Crippen LogP contribution in [0, 0.1) is 0 Å². The summed E-state index contributed by atoms with van der Waals surface area (Å²) in [6.07, 6.45) is -3.01. The molecule has 2 aliphatic rings. The molecule has 0 bridgehead atoms. The number of ether oxygens (including phenoxy) is 4. The highest BCUT2D eigenvalue weighted by atomic mass is 19.4. The number of carbonyl (C=O) groups excluding carboxylic acids is 1. The van der Waals surface area contributed by atoms with E-state index < -0.39 is 12.8 Å². The lowest BCUT2D eigenvalue weighted by Crippen LogP contribution is -2.67. The van der Waals surface area contributed by atoms with Crippen molar-refractivity contribution in [2.45, 2.75) is 37.6 Å². The van der Waals surface area contributed by atoms with E-state index >= 15 is 0 Å². The van der Waals surface area contributed by atoms with E-state index in [1.807, 2.05) is 41.3 Å². The van der Waals surface area contributed by atoms with Crippen molar-refractivity contribution in [3.8, 4) is 23.7 Å². The number of hydrogen-bond donors (Lipinski definition) is 0. The Labute approximate surface area is 294 Å². The fourth-order valence-corrected chi connectivity index (χ4v) is 7.08. The van der Waals surface area contributed by atoms with Crippen molar-refractivity contribution in [1.29, 1.82) is 0 Å². The van der Waals surface area contributed by atoms with Crippen molar-refractivity contribution < 1.29 is 36.9 Å². The molecule has 51 heavy (non-hydrogen) atoms. The molecular formula is C37H41F3N6O5. The maximum Gasteiger partial charge on any atom is 0.422 e. The van der Waals surface area contributed by atoms with Gasteiger partial charge in [0.05, 0.1) is 26.4 Å². The third-order valence-electron chi connectivity index (χ3n) is 9.18. The number of benzene rings is 2. The maximum atomic E-state index is 13.9. The van der Waals surface area contributed by atoms with Gasteiger partial charge in [0.1, 0.15) is 5.56 Å². The van der Waals surface area contributed by atoms with Crippen LogP contribution in [0.5, 0.6) is 23.7 Å². The van der Waals surface area contributed by atoms with Gasteiger partial charge in [0.2, 0.25) is 17.6 Å². The van der Waals surface area contributed by atoms with Crippen molar-refractivity contribution in [2.75, 3.05) is 60.2 Å². The minimum absolute atomic E-state index is 0.0576. The number of aromatic nitrogens is 3. The Bertz CT molecular complexity index is 1730. The van der Waals surface area contributed by atoms with E-state index in [4.69, 9.17) is 18.9 Å². The third-order valence-corrected chi connectivity index (χ3v) is 9.18. The maximum absolute atomic E-state index is 13.9. The number of methoxy groups -OCH3 is 2. The number of alkyl halides is 3. The summed E-state index contributed by atoms with van der Waals surface area (Å²) in [5, 5.41) is 0. The van der Waals surface area contributed by atoms with Crippen LogP contribution in [0.3, 0.4) is 0 Å². The highest BCUT2D eigenvalue weighted by Gasteiger charge is 2.44. The second-order valence-electron chi connectivity index (χ2n) is 12.4. The van der Waals surface area contributed by atoms with Crippen LogP contribution in [0.4, 0.5) is 13.2 Å². The predicted molar refractivity (Wildman–Crippen MR) is 182 cm³/mol. The first kappa shape index (κ1) is 35.9. The lowest BCUT2D eigenvalue weighted by atomic mass is 9.81. The first-order valence-electron chi connectivity index (χ1n) is 16.8. The Morgan fingerprint density at radius 1 is 0.843 bits per heavy atom. The minimum atomic E-state index is -4.59. The van der Waals surface area contributed by atoms with Crippen LogP contribution in [0.15, 0.2) is 79.0 Å². The van der Waals surface area contributed by atoms with Gasteiger partial charge in [0, 0.05) is 63.5 Å². The summed E-state index contributed by atoms with van der Waals surface area (Å²) in [7, 11) is 2.88. The topological polar surface area (TPSA) is 102 Å². The van der Waals surface area contributed by atoms with Crippen LogP contribution in [-0.2, 0) is 6.54 Å². The zero-order chi connectivity index (χ0) is 36.0. The average molecular weight is 707 g/mol. The molecule has 4 heterocycles. The van der Waals surface area contributed by atoms with Crippen LogP contribution in [0.2, 0.25) is 0 Å². The van der Waals surface area contributed by atoms with Crippen molar-refractivity contribution in [3.63, 3.8) is 0 Å². The lowest BCUT2D eigenvalue weighted by molar-refractivity contribution is -0.154. The number of piperazine rings is 2. The van der Waals surface area contributed by atoms with Gasteiger partial charge in [-0.2, -0.15) is 23.1 Å². The summed E-state index contributed by atoms with van der Waals surface area (Å²) in [5.74, 6) is -0.168. The first-order valence-corrected chi connectivity index (χ1v) is 16.8. The number of fused-ring (bicyclic) bond motifs is 1. The predicted octanol–water partition coefficient (Wildman–Crippen LogP) is 5.07. The second kappa shape index (κ2) is 15.9. The first-order chi connectivity index (χ1) is 24.7. The number of nitrogens with zero attached hydrogens (tertiary/aromatic N) is 6. The molecule has 4 aromatic rings. The normalized spacial score (nSPS) is 18.3. The van der Waals surface area contributed by atoms with E-state index in [2.05, 4.69) is 49.0 Å². The number of hydrogen-bond acceptors (Lipinski definition) is 10. The molecule has 2 unspecified atom stereocenters. The van der Waals surface area contributed by atoms with Crippen LogP contribution >= 0.6 is 0 Å². The van der Waals surface area contributed by atoms with Gasteiger partial charge in [-0.3, -0.25) is 14.6 Å². The number of pyridine rings is 1. The minimum Gasteiger partial charge on any atom is -0.481 e. The molecule has 1 amide bonds.